The Bertz CT molecular complexity index is 497. The summed E-state index contributed by atoms with van der Waals surface area (Å²) in [5.41, 5.74) is 1.82. The molecule has 0 aliphatic carbocycles. The van der Waals surface area contributed by atoms with Gasteiger partial charge in [0.05, 0.1) is 5.52 Å². The molecule has 0 saturated heterocycles. The Hall–Kier alpha value is -1.91. The average Bonchev–Trinajstić information content (AvgIpc) is 2.44. The molecule has 0 bridgehead atoms. The third-order valence-corrected chi connectivity index (χ3v) is 1.73. The first kappa shape index (κ1) is 7.72. The van der Waals surface area contributed by atoms with Crippen molar-refractivity contribution in [2.24, 2.45) is 5.18 Å². The van der Waals surface area contributed by atoms with Crippen LogP contribution in [0.25, 0.3) is 11.1 Å². The molecule has 0 radical (unpaired) electrons. The monoisotopic (exact) mass is 178 g/mol. The second-order valence-electron chi connectivity index (χ2n) is 2.63. The van der Waals surface area contributed by atoms with Crippen molar-refractivity contribution in [3.05, 3.63) is 39.2 Å². The second kappa shape index (κ2) is 2.85. The third kappa shape index (κ3) is 1.35. The SMILES string of the molecule is O=NCc1ccc2oc(=O)[nH]c2c1. The minimum Gasteiger partial charge on any atom is -0.408 e. The zero-order valence-electron chi connectivity index (χ0n) is 6.61. The van der Waals surface area contributed by atoms with E-state index < -0.39 is 5.76 Å². The zero-order chi connectivity index (χ0) is 9.26. The first-order valence-electron chi connectivity index (χ1n) is 3.70. The van der Waals surface area contributed by atoms with Gasteiger partial charge in [-0.15, -0.1) is 0 Å². The van der Waals surface area contributed by atoms with Crippen molar-refractivity contribution in [1.29, 1.82) is 0 Å². The van der Waals surface area contributed by atoms with Crippen molar-refractivity contribution in [3.63, 3.8) is 0 Å². The van der Waals surface area contributed by atoms with Gasteiger partial charge in [0, 0.05) is 0 Å². The Morgan fingerprint density at radius 1 is 1.46 bits per heavy atom. The molecular weight excluding hydrogens is 172 g/mol. The standard InChI is InChI=1S/C8H6N2O3/c11-8-10-6-3-5(4-9-12)1-2-7(6)13-8/h1-3H,4H2,(H,10,11). The molecule has 1 N–H and O–H groups in total. The topological polar surface area (TPSA) is 75.4 Å². The molecule has 66 valence electrons. The fraction of sp³-hybridized carbons (Fsp3) is 0.125. The number of H-pyrrole nitrogens is 1. The van der Waals surface area contributed by atoms with Crippen molar-refractivity contribution in [2.75, 3.05) is 0 Å². The van der Waals surface area contributed by atoms with Crippen molar-refractivity contribution in [1.82, 2.24) is 4.98 Å². The number of rotatable bonds is 2. The summed E-state index contributed by atoms with van der Waals surface area (Å²) in [4.78, 5) is 23.2. The van der Waals surface area contributed by atoms with Gasteiger partial charge in [-0.2, -0.15) is 4.91 Å². The summed E-state index contributed by atoms with van der Waals surface area (Å²) in [6.45, 7) is 0.100. The number of benzene rings is 1. The second-order valence-corrected chi connectivity index (χ2v) is 2.63. The highest BCUT2D eigenvalue weighted by atomic mass is 16.4. The Balaban J connectivity index is 2.60. The van der Waals surface area contributed by atoms with Crippen LogP contribution in [0.1, 0.15) is 5.56 Å². The minimum atomic E-state index is -0.494. The molecule has 2 aromatic rings. The van der Waals surface area contributed by atoms with Crippen molar-refractivity contribution in [3.8, 4) is 0 Å². The number of fused-ring (bicyclic) bond motifs is 1. The quantitative estimate of drug-likeness (QED) is 0.706. The van der Waals surface area contributed by atoms with Crippen LogP contribution in [0.2, 0.25) is 0 Å². The molecule has 13 heavy (non-hydrogen) atoms. The summed E-state index contributed by atoms with van der Waals surface area (Å²) in [5.74, 6) is -0.494. The normalized spacial score (nSPS) is 10.5. The van der Waals surface area contributed by atoms with Gasteiger partial charge in [0.1, 0.15) is 6.54 Å². The molecule has 0 aliphatic rings. The molecular formula is C8H6N2O3. The highest BCUT2D eigenvalue weighted by molar-refractivity contribution is 5.72. The van der Waals surface area contributed by atoms with Gasteiger partial charge in [-0.1, -0.05) is 11.2 Å². The molecule has 0 atom stereocenters. The molecule has 2 rings (SSSR count). The predicted octanol–water partition coefficient (Wildman–Crippen LogP) is 1.39. The maximum absolute atomic E-state index is 10.8. The third-order valence-electron chi connectivity index (χ3n) is 1.73. The van der Waals surface area contributed by atoms with Crippen LogP contribution >= 0.6 is 0 Å². The molecule has 0 unspecified atom stereocenters. The Morgan fingerprint density at radius 3 is 3.08 bits per heavy atom. The molecule has 5 heteroatoms. The summed E-state index contributed by atoms with van der Waals surface area (Å²) in [6.07, 6.45) is 0. The van der Waals surface area contributed by atoms with Crippen LogP contribution in [0, 0.1) is 4.91 Å². The molecule has 0 fully saturated rings. The maximum Gasteiger partial charge on any atom is 0.417 e. The van der Waals surface area contributed by atoms with E-state index in [0.717, 1.165) is 5.56 Å². The molecule has 0 spiro atoms. The van der Waals surface area contributed by atoms with Gasteiger partial charge < -0.3 is 4.42 Å². The van der Waals surface area contributed by atoms with Crippen molar-refractivity contribution >= 4 is 11.1 Å². The summed E-state index contributed by atoms with van der Waals surface area (Å²) in [7, 11) is 0. The summed E-state index contributed by atoms with van der Waals surface area (Å²) in [6, 6.07) is 5.00. The lowest BCUT2D eigenvalue weighted by atomic mass is 10.2. The van der Waals surface area contributed by atoms with E-state index in [1.54, 1.807) is 18.2 Å². The predicted molar refractivity (Wildman–Crippen MR) is 46.3 cm³/mol. The Kier molecular flexibility index (Phi) is 1.70. The van der Waals surface area contributed by atoms with E-state index in [0.29, 0.717) is 11.1 Å². The Labute approximate surface area is 72.3 Å². The first-order chi connectivity index (χ1) is 6.29. The molecule has 1 aromatic heterocycles. The lowest BCUT2D eigenvalue weighted by Gasteiger charge is -1.91. The van der Waals surface area contributed by atoms with Gasteiger partial charge in [-0.05, 0) is 17.7 Å². The summed E-state index contributed by atoms with van der Waals surface area (Å²) >= 11 is 0. The number of oxazole rings is 1. The van der Waals surface area contributed by atoms with Gasteiger partial charge in [0.2, 0.25) is 0 Å². The van der Waals surface area contributed by atoms with Crippen LogP contribution in [-0.4, -0.2) is 4.98 Å². The summed E-state index contributed by atoms with van der Waals surface area (Å²) in [5, 5.41) is 2.75. The number of aromatic nitrogens is 1. The van der Waals surface area contributed by atoms with E-state index in [2.05, 4.69) is 10.2 Å². The molecule has 0 aliphatic heterocycles. The highest BCUT2D eigenvalue weighted by Crippen LogP contribution is 2.12. The van der Waals surface area contributed by atoms with E-state index in [1.165, 1.54) is 0 Å². The number of nitroso groups, excluding NO2 is 1. The molecule has 5 nitrogen and oxygen atoms in total. The van der Waals surface area contributed by atoms with E-state index >= 15 is 0 Å². The number of aromatic amines is 1. The van der Waals surface area contributed by atoms with Gasteiger partial charge in [0.25, 0.3) is 0 Å². The van der Waals surface area contributed by atoms with E-state index in [4.69, 9.17) is 4.42 Å². The Morgan fingerprint density at radius 2 is 2.31 bits per heavy atom. The fourth-order valence-electron chi connectivity index (χ4n) is 1.17. The smallest absolute Gasteiger partial charge is 0.408 e. The number of nitrogens with zero attached hydrogens (tertiary/aromatic N) is 1. The van der Waals surface area contributed by atoms with E-state index in [-0.39, 0.29) is 6.54 Å². The minimum absolute atomic E-state index is 0.100. The largest absolute Gasteiger partial charge is 0.417 e. The lowest BCUT2D eigenvalue weighted by Crippen LogP contribution is -1.92. The molecule has 0 saturated carbocycles. The van der Waals surface area contributed by atoms with E-state index in [9.17, 15) is 9.70 Å². The number of hydrogen-bond donors (Lipinski definition) is 1. The van der Waals surface area contributed by atoms with Gasteiger partial charge in [0.15, 0.2) is 5.58 Å². The maximum atomic E-state index is 10.8. The fourth-order valence-corrected chi connectivity index (χ4v) is 1.17. The van der Waals surface area contributed by atoms with Crippen molar-refractivity contribution < 1.29 is 4.42 Å². The lowest BCUT2D eigenvalue weighted by molar-refractivity contribution is 0.555. The van der Waals surface area contributed by atoms with Crippen LogP contribution in [0.15, 0.2) is 32.6 Å². The average molecular weight is 178 g/mol. The number of nitrogens with one attached hydrogen (secondary N) is 1. The zero-order valence-corrected chi connectivity index (χ0v) is 6.61. The van der Waals surface area contributed by atoms with Crippen LogP contribution in [-0.2, 0) is 6.54 Å². The highest BCUT2D eigenvalue weighted by Gasteiger charge is 2.01. The van der Waals surface area contributed by atoms with Gasteiger partial charge in [-0.25, -0.2) is 4.79 Å². The van der Waals surface area contributed by atoms with Gasteiger partial charge in [-0.3, -0.25) is 4.98 Å². The first-order valence-corrected chi connectivity index (χ1v) is 3.70. The van der Waals surface area contributed by atoms with E-state index in [1.807, 2.05) is 0 Å². The van der Waals surface area contributed by atoms with Crippen LogP contribution in [0.5, 0.6) is 0 Å². The molecule has 1 aromatic carbocycles. The molecule has 1 heterocycles. The van der Waals surface area contributed by atoms with Crippen molar-refractivity contribution in [2.45, 2.75) is 6.54 Å². The van der Waals surface area contributed by atoms with Crippen LogP contribution < -0.4 is 5.76 Å². The van der Waals surface area contributed by atoms with Gasteiger partial charge >= 0.3 is 5.76 Å². The number of hydrogen-bond acceptors (Lipinski definition) is 4. The van der Waals surface area contributed by atoms with Crippen LogP contribution in [0.3, 0.4) is 0 Å². The summed E-state index contributed by atoms with van der Waals surface area (Å²) < 4.78 is 4.78. The van der Waals surface area contributed by atoms with Crippen LogP contribution in [0.4, 0.5) is 0 Å². The molecule has 0 amide bonds.